The van der Waals surface area contributed by atoms with Crippen molar-refractivity contribution in [2.24, 2.45) is 0 Å². The van der Waals surface area contributed by atoms with Gasteiger partial charge in [-0.2, -0.15) is 10.2 Å². The summed E-state index contributed by atoms with van der Waals surface area (Å²) in [4.78, 5) is 12.1. The molecule has 7 nitrogen and oxygen atoms in total. The summed E-state index contributed by atoms with van der Waals surface area (Å²) in [6.45, 7) is 4.81. The topological polar surface area (TPSA) is 81.7 Å². The minimum atomic E-state index is -1.07. The van der Waals surface area contributed by atoms with Gasteiger partial charge in [-0.05, 0) is 32.0 Å². The average molecular weight is 354 g/mol. The Labute approximate surface area is 150 Å². The molecule has 3 aromatic heterocycles. The van der Waals surface area contributed by atoms with E-state index in [4.69, 9.17) is 4.74 Å². The quantitative estimate of drug-likeness (QED) is 0.779. The van der Waals surface area contributed by atoms with Crippen LogP contribution in [-0.2, 0) is 10.3 Å². The van der Waals surface area contributed by atoms with Crippen LogP contribution >= 0.6 is 0 Å². The maximum absolute atomic E-state index is 12.1. The van der Waals surface area contributed by atoms with E-state index in [-0.39, 0.29) is 11.6 Å². The molecule has 1 aliphatic rings. The first-order valence-corrected chi connectivity index (χ1v) is 8.88. The smallest absolute Gasteiger partial charge is 0.267 e. The van der Waals surface area contributed by atoms with Gasteiger partial charge in [-0.3, -0.25) is 4.79 Å². The second kappa shape index (κ2) is 6.34. The Morgan fingerprint density at radius 3 is 2.65 bits per heavy atom. The molecule has 0 amide bonds. The van der Waals surface area contributed by atoms with E-state index in [1.54, 1.807) is 10.6 Å². The van der Waals surface area contributed by atoms with Crippen molar-refractivity contribution >= 4 is 5.52 Å². The minimum Gasteiger partial charge on any atom is -0.383 e. The van der Waals surface area contributed by atoms with Crippen molar-refractivity contribution in [3.63, 3.8) is 0 Å². The summed E-state index contributed by atoms with van der Waals surface area (Å²) >= 11 is 0. The second-order valence-corrected chi connectivity index (χ2v) is 6.99. The lowest BCUT2D eigenvalue weighted by Gasteiger charge is -2.31. The van der Waals surface area contributed by atoms with Gasteiger partial charge in [0.2, 0.25) is 0 Å². The van der Waals surface area contributed by atoms with E-state index >= 15 is 0 Å². The van der Waals surface area contributed by atoms with Crippen molar-refractivity contribution in [3.8, 4) is 11.3 Å². The van der Waals surface area contributed by atoms with Crippen LogP contribution < -0.4 is 5.56 Å². The summed E-state index contributed by atoms with van der Waals surface area (Å²) in [5.41, 5.74) is 1.63. The molecule has 7 heteroatoms. The number of aliphatic hydroxyl groups is 1. The van der Waals surface area contributed by atoms with Gasteiger partial charge in [0.1, 0.15) is 11.3 Å². The van der Waals surface area contributed by atoms with Crippen molar-refractivity contribution in [2.45, 2.75) is 38.3 Å². The van der Waals surface area contributed by atoms with Gasteiger partial charge in [0.05, 0.1) is 22.8 Å². The van der Waals surface area contributed by atoms with Crippen LogP contribution in [0.2, 0.25) is 0 Å². The van der Waals surface area contributed by atoms with Crippen LogP contribution in [0.15, 0.2) is 41.3 Å². The third kappa shape index (κ3) is 2.73. The van der Waals surface area contributed by atoms with Crippen LogP contribution in [0.1, 0.15) is 38.4 Å². The molecule has 1 saturated heterocycles. The molecule has 26 heavy (non-hydrogen) atoms. The number of hydrogen-bond acceptors (Lipinski definition) is 5. The van der Waals surface area contributed by atoms with Crippen LogP contribution in [0.25, 0.3) is 16.8 Å². The number of aromatic nitrogens is 4. The number of rotatable bonds is 3. The maximum atomic E-state index is 12.1. The van der Waals surface area contributed by atoms with Crippen molar-refractivity contribution in [1.29, 1.82) is 0 Å². The van der Waals surface area contributed by atoms with Crippen molar-refractivity contribution < 1.29 is 9.84 Å². The molecule has 0 aromatic carbocycles. The maximum Gasteiger partial charge on any atom is 0.267 e. The molecule has 4 heterocycles. The number of fused-ring (bicyclic) bond motifs is 1. The van der Waals surface area contributed by atoms with Gasteiger partial charge in [0.15, 0.2) is 0 Å². The van der Waals surface area contributed by atoms with E-state index < -0.39 is 5.60 Å². The fourth-order valence-corrected chi connectivity index (χ4v) is 3.45. The Bertz CT molecular complexity index is 999. The van der Waals surface area contributed by atoms with Gasteiger partial charge in [-0.25, -0.2) is 9.20 Å². The lowest BCUT2D eigenvalue weighted by Crippen LogP contribution is -2.34. The largest absolute Gasteiger partial charge is 0.383 e. The molecular formula is C19H22N4O3. The van der Waals surface area contributed by atoms with Crippen LogP contribution in [0.5, 0.6) is 0 Å². The molecule has 0 unspecified atom stereocenters. The average Bonchev–Trinajstić information content (AvgIpc) is 3.03. The van der Waals surface area contributed by atoms with E-state index in [2.05, 4.69) is 10.2 Å². The lowest BCUT2D eigenvalue weighted by atomic mass is 9.87. The summed E-state index contributed by atoms with van der Waals surface area (Å²) < 4.78 is 8.63. The van der Waals surface area contributed by atoms with Gasteiger partial charge in [0.25, 0.3) is 5.56 Å². The molecule has 0 saturated carbocycles. The monoisotopic (exact) mass is 354 g/mol. The summed E-state index contributed by atoms with van der Waals surface area (Å²) in [6.07, 6.45) is 2.81. The van der Waals surface area contributed by atoms with E-state index in [9.17, 15) is 9.90 Å². The predicted octanol–water partition coefficient (Wildman–Crippen LogP) is 2.14. The fourth-order valence-electron chi connectivity index (χ4n) is 3.45. The first kappa shape index (κ1) is 16.9. The van der Waals surface area contributed by atoms with Gasteiger partial charge in [-0.1, -0.05) is 6.07 Å². The molecule has 4 rings (SSSR count). The SMILES string of the molecule is CC(C)n1nc(-c2c(C3(O)CCOCC3)nn3ccccc23)ccc1=O. The molecule has 0 spiro atoms. The summed E-state index contributed by atoms with van der Waals surface area (Å²) in [5, 5.41) is 20.5. The first-order valence-electron chi connectivity index (χ1n) is 8.88. The van der Waals surface area contributed by atoms with E-state index in [0.717, 1.165) is 11.1 Å². The zero-order valence-electron chi connectivity index (χ0n) is 14.9. The molecule has 0 radical (unpaired) electrons. The van der Waals surface area contributed by atoms with E-state index in [1.807, 2.05) is 38.2 Å². The normalized spacial score (nSPS) is 17.1. The highest BCUT2D eigenvalue weighted by molar-refractivity contribution is 5.81. The number of hydrogen-bond donors (Lipinski definition) is 1. The van der Waals surface area contributed by atoms with Crippen LogP contribution in [0.4, 0.5) is 0 Å². The highest BCUT2D eigenvalue weighted by atomic mass is 16.5. The summed E-state index contributed by atoms with van der Waals surface area (Å²) in [5.74, 6) is 0. The zero-order chi connectivity index (χ0) is 18.3. The van der Waals surface area contributed by atoms with Crippen LogP contribution in [0, 0.1) is 0 Å². The Morgan fingerprint density at radius 1 is 1.15 bits per heavy atom. The molecule has 1 fully saturated rings. The molecular weight excluding hydrogens is 332 g/mol. The Hall–Kier alpha value is -2.51. The first-order chi connectivity index (χ1) is 12.5. The minimum absolute atomic E-state index is 0.0566. The summed E-state index contributed by atoms with van der Waals surface area (Å²) in [7, 11) is 0. The van der Waals surface area contributed by atoms with Crippen molar-refractivity contribution in [2.75, 3.05) is 13.2 Å². The highest BCUT2D eigenvalue weighted by Gasteiger charge is 2.38. The van der Waals surface area contributed by atoms with Gasteiger partial charge in [0, 0.05) is 38.3 Å². The van der Waals surface area contributed by atoms with Gasteiger partial charge >= 0.3 is 0 Å². The predicted molar refractivity (Wildman–Crippen MR) is 97.0 cm³/mol. The van der Waals surface area contributed by atoms with Crippen LogP contribution in [0.3, 0.4) is 0 Å². The number of pyridine rings is 1. The molecule has 1 aliphatic heterocycles. The molecule has 0 bridgehead atoms. The lowest BCUT2D eigenvalue weighted by molar-refractivity contribution is -0.0703. The number of nitrogens with zero attached hydrogens (tertiary/aromatic N) is 4. The second-order valence-electron chi connectivity index (χ2n) is 6.99. The zero-order valence-corrected chi connectivity index (χ0v) is 14.9. The molecule has 136 valence electrons. The van der Waals surface area contributed by atoms with Gasteiger partial charge < -0.3 is 9.84 Å². The Balaban J connectivity index is 1.98. The third-order valence-electron chi connectivity index (χ3n) is 4.87. The highest BCUT2D eigenvalue weighted by Crippen LogP contribution is 2.39. The Morgan fingerprint density at radius 2 is 1.92 bits per heavy atom. The molecule has 0 aliphatic carbocycles. The van der Waals surface area contributed by atoms with Crippen molar-refractivity contribution in [3.05, 3.63) is 52.6 Å². The standard InChI is InChI=1S/C19H22N4O3/c1-13(2)23-16(24)7-6-14(20-23)17-15-5-3-4-10-22(15)21-18(17)19(25)8-11-26-12-9-19/h3-7,10,13,25H,8-9,11-12H2,1-2H3. The third-order valence-corrected chi connectivity index (χ3v) is 4.87. The molecule has 0 atom stereocenters. The van der Waals surface area contributed by atoms with E-state index in [1.165, 1.54) is 10.7 Å². The van der Waals surface area contributed by atoms with Gasteiger partial charge in [-0.15, -0.1) is 0 Å². The molecule has 3 aromatic rings. The van der Waals surface area contributed by atoms with Crippen molar-refractivity contribution in [1.82, 2.24) is 19.4 Å². The van der Waals surface area contributed by atoms with Crippen LogP contribution in [-0.4, -0.2) is 37.7 Å². The Kier molecular flexibility index (Phi) is 4.13. The fraction of sp³-hybridized carbons (Fsp3) is 0.421. The van der Waals surface area contributed by atoms with E-state index in [0.29, 0.717) is 37.4 Å². The number of ether oxygens (including phenoxy) is 1. The molecule has 1 N–H and O–H groups in total. The summed E-state index contributed by atoms with van der Waals surface area (Å²) in [6, 6.07) is 8.94.